The lowest BCUT2D eigenvalue weighted by atomic mass is 9.86. The molecule has 8 nitrogen and oxygen atoms in total. The monoisotopic (exact) mass is 352 g/mol. The summed E-state index contributed by atoms with van der Waals surface area (Å²) in [5.41, 5.74) is 6.70. The zero-order valence-corrected chi connectivity index (χ0v) is 14.2. The van der Waals surface area contributed by atoms with Gasteiger partial charge in [-0.2, -0.15) is 0 Å². The van der Waals surface area contributed by atoms with Gasteiger partial charge in [0.2, 0.25) is 11.9 Å². The van der Waals surface area contributed by atoms with Gasteiger partial charge in [-0.25, -0.2) is 4.68 Å². The molecule has 8 heteroatoms. The summed E-state index contributed by atoms with van der Waals surface area (Å²) in [6, 6.07) is 14.4. The van der Waals surface area contributed by atoms with Crippen LogP contribution in [0.4, 0.5) is 5.95 Å². The Morgan fingerprint density at radius 2 is 2.04 bits per heavy atom. The second kappa shape index (κ2) is 6.72. The van der Waals surface area contributed by atoms with E-state index in [0.29, 0.717) is 19.5 Å². The molecular weight excluding hydrogens is 332 g/mol. The Kier molecular flexibility index (Phi) is 4.26. The van der Waals surface area contributed by atoms with Crippen LogP contribution in [0.25, 0.3) is 10.8 Å². The van der Waals surface area contributed by atoms with Crippen LogP contribution in [-0.4, -0.2) is 55.3 Å². The van der Waals surface area contributed by atoms with Crippen molar-refractivity contribution in [1.82, 2.24) is 25.1 Å². The van der Waals surface area contributed by atoms with E-state index in [0.717, 1.165) is 10.9 Å². The molecule has 2 heterocycles. The molecule has 1 fully saturated rings. The Balaban J connectivity index is 1.45. The number of amides is 1. The number of aliphatic hydroxyl groups is 1. The molecule has 26 heavy (non-hydrogen) atoms. The fourth-order valence-electron chi connectivity index (χ4n) is 3.54. The minimum Gasteiger partial charge on any atom is -0.391 e. The van der Waals surface area contributed by atoms with Crippen molar-refractivity contribution in [3.63, 3.8) is 0 Å². The molecule has 0 saturated carbocycles. The van der Waals surface area contributed by atoms with E-state index in [9.17, 15) is 9.90 Å². The number of carbonyl (C=O) groups excluding carboxylic acids is 1. The van der Waals surface area contributed by atoms with E-state index >= 15 is 0 Å². The molecule has 4 rings (SSSR count). The predicted molar refractivity (Wildman–Crippen MR) is 96.1 cm³/mol. The number of benzene rings is 2. The highest BCUT2D eigenvalue weighted by Crippen LogP contribution is 2.30. The molecule has 2 aromatic carbocycles. The first-order chi connectivity index (χ1) is 12.6. The second-order valence-corrected chi connectivity index (χ2v) is 6.60. The van der Waals surface area contributed by atoms with Crippen LogP contribution in [0.1, 0.15) is 17.9 Å². The molecule has 134 valence electrons. The van der Waals surface area contributed by atoms with Gasteiger partial charge in [-0.1, -0.05) is 47.6 Å². The third-order valence-corrected chi connectivity index (χ3v) is 4.98. The van der Waals surface area contributed by atoms with Gasteiger partial charge in [-0.3, -0.25) is 4.79 Å². The average Bonchev–Trinajstić information content (AvgIpc) is 3.06. The summed E-state index contributed by atoms with van der Waals surface area (Å²) in [7, 11) is 0. The van der Waals surface area contributed by atoms with Gasteiger partial charge in [0.1, 0.15) is 6.54 Å². The normalized spacial score (nSPS) is 20.4. The third kappa shape index (κ3) is 3.11. The van der Waals surface area contributed by atoms with Gasteiger partial charge in [0, 0.05) is 19.0 Å². The standard InChI is InChI=1S/C18H20N6O2/c19-18-20-21-22-24(18)11-17(26)23-8-7-15(16(25)10-23)14-6-5-12-3-1-2-4-13(12)9-14/h1-6,9,15-16,25H,7-8,10-11H2,(H2,19,20,22)/t15-,16+/m0/s1. The number of fused-ring (bicyclic) bond motifs is 1. The van der Waals surface area contributed by atoms with Crippen molar-refractivity contribution in [2.75, 3.05) is 18.8 Å². The van der Waals surface area contributed by atoms with Crippen LogP contribution in [-0.2, 0) is 11.3 Å². The van der Waals surface area contributed by atoms with Crippen molar-refractivity contribution in [2.24, 2.45) is 0 Å². The molecule has 3 N–H and O–H groups in total. The van der Waals surface area contributed by atoms with Crippen molar-refractivity contribution < 1.29 is 9.90 Å². The molecular formula is C18H20N6O2. The number of tetrazole rings is 1. The first-order valence-corrected chi connectivity index (χ1v) is 8.58. The Hall–Kier alpha value is -3.00. The van der Waals surface area contributed by atoms with Gasteiger partial charge in [0.05, 0.1) is 6.10 Å². The van der Waals surface area contributed by atoms with Gasteiger partial charge >= 0.3 is 0 Å². The van der Waals surface area contributed by atoms with Gasteiger partial charge in [0.25, 0.3) is 0 Å². The quantitative estimate of drug-likeness (QED) is 0.721. The summed E-state index contributed by atoms with van der Waals surface area (Å²) in [6.45, 7) is 0.847. The molecule has 0 spiro atoms. The van der Waals surface area contributed by atoms with E-state index < -0.39 is 6.10 Å². The van der Waals surface area contributed by atoms with E-state index in [2.05, 4.69) is 45.9 Å². The number of hydrogen-bond acceptors (Lipinski definition) is 6. The molecule has 1 saturated heterocycles. The predicted octanol–water partition coefficient (Wildman–Crippen LogP) is 0.785. The number of nitrogens with two attached hydrogens (primary N) is 1. The number of piperidine rings is 1. The lowest BCUT2D eigenvalue weighted by Gasteiger charge is -2.36. The van der Waals surface area contributed by atoms with Gasteiger partial charge in [-0.15, -0.1) is 0 Å². The second-order valence-electron chi connectivity index (χ2n) is 6.60. The van der Waals surface area contributed by atoms with Crippen LogP contribution in [0.2, 0.25) is 0 Å². The Bertz CT molecular complexity index is 940. The van der Waals surface area contributed by atoms with E-state index in [4.69, 9.17) is 5.73 Å². The molecule has 0 unspecified atom stereocenters. The van der Waals surface area contributed by atoms with Crippen molar-refractivity contribution in [2.45, 2.75) is 25.0 Å². The summed E-state index contributed by atoms with van der Waals surface area (Å²) < 4.78 is 1.25. The number of rotatable bonds is 3. The molecule has 1 aliphatic heterocycles. The summed E-state index contributed by atoms with van der Waals surface area (Å²) in [5, 5.41) is 23.6. The van der Waals surface area contributed by atoms with Crippen molar-refractivity contribution >= 4 is 22.6 Å². The van der Waals surface area contributed by atoms with Gasteiger partial charge < -0.3 is 15.7 Å². The van der Waals surface area contributed by atoms with Crippen LogP contribution in [0, 0.1) is 0 Å². The Labute approximate surface area is 150 Å². The number of hydrogen-bond donors (Lipinski definition) is 2. The summed E-state index contributed by atoms with van der Waals surface area (Å²) in [4.78, 5) is 14.1. The molecule has 1 aliphatic rings. The minimum atomic E-state index is -0.611. The van der Waals surface area contributed by atoms with Crippen LogP contribution < -0.4 is 5.73 Å². The number of β-amino-alcohol motifs (C(OH)–C–C–N with tert-alkyl or cyclic N) is 1. The zero-order valence-electron chi connectivity index (χ0n) is 14.2. The Morgan fingerprint density at radius 3 is 2.77 bits per heavy atom. The minimum absolute atomic E-state index is 0.0155. The van der Waals surface area contributed by atoms with E-state index in [-0.39, 0.29) is 24.3 Å². The molecule has 2 atom stereocenters. The van der Waals surface area contributed by atoms with Crippen molar-refractivity contribution in [1.29, 1.82) is 0 Å². The molecule has 0 aliphatic carbocycles. The first kappa shape index (κ1) is 16.5. The van der Waals surface area contributed by atoms with E-state index in [1.165, 1.54) is 10.1 Å². The summed E-state index contributed by atoms with van der Waals surface area (Å²) >= 11 is 0. The largest absolute Gasteiger partial charge is 0.391 e. The number of carbonyl (C=O) groups is 1. The SMILES string of the molecule is Nc1nnnn1CC(=O)N1CC[C@@H](c2ccc3ccccc3c2)[C@H](O)C1. The van der Waals surface area contributed by atoms with E-state index in [1.54, 1.807) is 4.90 Å². The maximum Gasteiger partial charge on any atom is 0.244 e. The number of nitrogen functional groups attached to an aromatic ring is 1. The zero-order chi connectivity index (χ0) is 18.1. The molecule has 1 amide bonds. The van der Waals surface area contributed by atoms with Crippen LogP contribution in [0.15, 0.2) is 42.5 Å². The van der Waals surface area contributed by atoms with Crippen molar-refractivity contribution in [3.05, 3.63) is 48.0 Å². The fourth-order valence-corrected chi connectivity index (χ4v) is 3.54. The summed E-state index contributed by atoms with van der Waals surface area (Å²) in [6.07, 6.45) is 0.0937. The van der Waals surface area contributed by atoms with Crippen LogP contribution in [0.5, 0.6) is 0 Å². The highest BCUT2D eigenvalue weighted by atomic mass is 16.3. The van der Waals surface area contributed by atoms with Crippen LogP contribution >= 0.6 is 0 Å². The molecule has 3 aromatic rings. The topological polar surface area (TPSA) is 110 Å². The molecule has 0 radical (unpaired) electrons. The van der Waals surface area contributed by atoms with Gasteiger partial charge in [0.15, 0.2) is 0 Å². The lowest BCUT2D eigenvalue weighted by molar-refractivity contribution is -0.135. The fraction of sp³-hybridized carbons (Fsp3) is 0.333. The lowest BCUT2D eigenvalue weighted by Crippen LogP contribution is -2.46. The Morgan fingerprint density at radius 1 is 1.23 bits per heavy atom. The number of aromatic nitrogens is 4. The molecule has 0 bridgehead atoms. The number of aliphatic hydroxyl groups excluding tert-OH is 1. The van der Waals surface area contributed by atoms with E-state index in [1.807, 2.05) is 12.1 Å². The van der Waals surface area contributed by atoms with Gasteiger partial charge in [-0.05, 0) is 33.2 Å². The smallest absolute Gasteiger partial charge is 0.244 e. The third-order valence-electron chi connectivity index (χ3n) is 4.98. The molecule has 1 aromatic heterocycles. The van der Waals surface area contributed by atoms with Crippen molar-refractivity contribution in [3.8, 4) is 0 Å². The summed E-state index contributed by atoms with van der Waals surface area (Å²) in [5.74, 6) is -0.0354. The highest BCUT2D eigenvalue weighted by Gasteiger charge is 2.31. The highest BCUT2D eigenvalue weighted by molar-refractivity contribution is 5.83. The maximum atomic E-state index is 12.4. The number of likely N-dealkylation sites (tertiary alicyclic amines) is 1. The number of anilines is 1. The first-order valence-electron chi connectivity index (χ1n) is 8.58. The average molecular weight is 352 g/mol. The maximum absolute atomic E-state index is 12.4. The van der Waals surface area contributed by atoms with Crippen LogP contribution in [0.3, 0.4) is 0 Å². The number of nitrogens with zero attached hydrogens (tertiary/aromatic N) is 5.